The molecule has 122 valence electrons. The summed E-state index contributed by atoms with van der Waals surface area (Å²) in [5.41, 5.74) is 6.74. The Morgan fingerprint density at radius 3 is 2.33 bits per heavy atom. The van der Waals surface area contributed by atoms with E-state index in [1.807, 2.05) is 20.8 Å². The number of nitrogens with two attached hydrogens (primary N) is 1. The molecule has 1 rings (SSSR count). The van der Waals surface area contributed by atoms with E-state index >= 15 is 0 Å². The fourth-order valence-electron chi connectivity index (χ4n) is 2.30. The number of aromatic nitrogens is 2. The van der Waals surface area contributed by atoms with Gasteiger partial charge in [0.05, 0.1) is 11.4 Å². The minimum absolute atomic E-state index is 0.0683. The Labute approximate surface area is 128 Å². The van der Waals surface area contributed by atoms with Gasteiger partial charge in [-0.2, -0.15) is 9.40 Å². The van der Waals surface area contributed by atoms with Crippen molar-refractivity contribution in [3.8, 4) is 0 Å². The number of hydrogen-bond donors (Lipinski definition) is 1. The Kier molecular flexibility index (Phi) is 5.95. The standard InChI is InChI=1S/C14H28N4O2S/c1-10(2)12(4)17(6)21(19,20)14-11(3)16-18(13(14)5)9-7-8-15/h10,12H,7-9,15H2,1-6H3. The zero-order valence-electron chi connectivity index (χ0n) is 13.9. The van der Waals surface area contributed by atoms with Crippen LogP contribution < -0.4 is 5.73 Å². The Morgan fingerprint density at radius 2 is 1.86 bits per heavy atom. The Hall–Kier alpha value is -0.920. The molecule has 1 atom stereocenters. The molecule has 0 saturated carbocycles. The molecule has 21 heavy (non-hydrogen) atoms. The van der Waals surface area contributed by atoms with Gasteiger partial charge in [-0.05, 0) is 39.7 Å². The quantitative estimate of drug-likeness (QED) is 0.827. The second-order valence-electron chi connectivity index (χ2n) is 5.87. The third kappa shape index (κ3) is 3.64. The number of rotatable bonds is 7. The first kappa shape index (κ1) is 18.1. The van der Waals surface area contributed by atoms with E-state index in [-0.39, 0.29) is 12.0 Å². The maximum absolute atomic E-state index is 12.9. The highest BCUT2D eigenvalue weighted by molar-refractivity contribution is 7.89. The van der Waals surface area contributed by atoms with E-state index in [1.54, 1.807) is 25.6 Å². The lowest BCUT2D eigenvalue weighted by molar-refractivity contribution is 0.315. The Morgan fingerprint density at radius 1 is 1.29 bits per heavy atom. The number of sulfonamides is 1. The van der Waals surface area contributed by atoms with Crippen molar-refractivity contribution in [1.29, 1.82) is 0 Å². The molecule has 0 saturated heterocycles. The first-order chi connectivity index (χ1) is 9.64. The van der Waals surface area contributed by atoms with E-state index < -0.39 is 10.0 Å². The lowest BCUT2D eigenvalue weighted by Crippen LogP contribution is -2.38. The second-order valence-corrected chi connectivity index (χ2v) is 7.81. The molecule has 0 spiro atoms. The summed E-state index contributed by atoms with van der Waals surface area (Å²) in [7, 11) is -1.90. The van der Waals surface area contributed by atoms with E-state index in [9.17, 15) is 8.42 Å². The van der Waals surface area contributed by atoms with Crippen molar-refractivity contribution in [3.05, 3.63) is 11.4 Å². The molecular formula is C14H28N4O2S. The van der Waals surface area contributed by atoms with Gasteiger partial charge in [-0.15, -0.1) is 0 Å². The molecule has 6 nitrogen and oxygen atoms in total. The number of aryl methyl sites for hydroxylation is 2. The van der Waals surface area contributed by atoms with E-state index in [1.165, 1.54) is 4.31 Å². The van der Waals surface area contributed by atoms with Crippen molar-refractivity contribution in [2.75, 3.05) is 13.6 Å². The molecule has 2 N–H and O–H groups in total. The molecule has 0 radical (unpaired) electrons. The fraction of sp³-hybridized carbons (Fsp3) is 0.786. The van der Waals surface area contributed by atoms with E-state index in [4.69, 9.17) is 5.73 Å². The first-order valence-corrected chi connectivity index (χ1v) is 8.80. The summed E-state index contributed by atoms with van der Waals surface area (Å²) in [5, 5.41) is 4.36. The summed E-state index contributed by atoms with van der Waals surface area (Å²) >= 11 is 0. The van der Waals surface area contributed by atoms with Crippen molar-refractivity contribution in [2.45, 2.75) is 58.5 Å². The van der Waals surface area contributed by atoms with Crippen LogP contribution in [0.2, 0.25) is 0 Å². The maximum Gasteiger partial charge on any atom is 0.246 e. The van der Waals surface area contributed by atoms with Crippen LogP contribution in [0.4, 0.5) is 0 Å². The van der Waals surface area contributed by atoms with Gasteiger partial charge in [0.15, 0.2) is 0 Å². The van der Waals surface area contributed by atoms with Crippen LogP contribution in [0.1, 0.15) is 38.6 Å². The summed E-state index contributed by atoms with van der Waals surface area (Å²) in [6.45, 7) is 10.7. The summed E-state index contributed by atoms with van der Waals surface area (Å²) in [5.74, 6) is 0.248. The largest absolute Gasteiger partial charge is 0.330 e. The molecule has 0 aliphatic carbocycles. The molecule has 1 unspecified atom stereocenters. The predicted octanol–water partition coefficient (Wildman–Crippen LogP) is 1.51. The van der Waals surface area contributed by atoms with E-state index in [2.05, 4.69) is 5.10 Å². The van der Waals surface area contributed by atoms with Gasteiger partial charge in [-0.25, -0.2) is 8.42 Å². The van der Waals surface area contributed by atoms with Gasteiger partial charge in [0.25, 0.3) is 0 Å². The SMILES string of the molecule is Cc1nn(CCCN)c(C)c1S(=O)(=O)N(C)C(C)C(C)C. The monoisotopic (exact) mass is 316 g/mol. The van der Waals surface area contributed by atoms with Gasteiger partial charge in [-0.3, -0.25) is 4.68 Å². The molecule has 0 aromatic carbocycles. The summed E-state index contributed by atoms with van der Waals surface area (Å²) in [4.78, 5) is 0.328. The van der Waals surface area contributed by atoms with Crippen molar-refractivity contribution >= 4 is 10.0 Å². The summed E-state index contributed by atoms with van der Waals surface area (Å²) in [6, 6.07) is -0.0683. The van der Waals surface area contributed by atoms with Gasteiger partial charge in [0.2, 0.25) is 10.0 Å². The molecule has 1 aromatic heterocycles. The van der Waals surface area contributed by atoms with Crippen molar-refractivity contribution in [3.63, 3.8) is 0 Å². The predicted molar refractivity (Wildman–Crippen MR) is 84.6 cm³/mol. The molecule has 0 aliphatic heterocycles. The second kappa shape index (κ2) is 6.89. The average Bonchev–Trinajstić information content (AvgIpc) is 2.69. The van der Waals surface area contributed by atoms with Crippen LogP contribution in [0.5, 0.6) is 0 Å². The summed E-state index contributed by atoms with van der Waals surface area (Å²) in [6.07, 6.45) is 0.777. The van der Waals surface area contributed by atoms with Crippen molar-refractivity contribution in [2.24, 2.45) is 11.7 Å². The minimum atomic E-state index is -3.53. The van der Waals surface area contributed by atoms with Crippen LogP contribution in [0, 0.1) is 19.8 Å². The highest BCUT2D eigenvalue weighted by atomic mass is 32.2. The average molecular weight is 316 g/mol. The zero-order chi connectivity index (χ0) is 16.4. The lowest BCUT2D eigenvalue weighted by Gasteiger charge is -2.27. The normalized spacial score (nSPS) is 14.1. The highest BCUT2D eigenvalue weighted by Crippen LogP contribution is 2.25. The van der Waals surface area contributed by atoms with E-state index in [0.717, 1.165) is 6.42 Å². The molecule has 0 amide bonds. The minimum Gasteiger partial charge on any atom is -0.330 e. The smallest absolute Gasteiger partial charge is 0.246 e. The van der Waals surface area contributed by atoms with Gasteiger partial charge in [0, 0.05) is 19.6 Å². The molecule has 1 heterocycles. The van der Waals surface area contributed by atoms with Gasteiger partial charge in [0.1, 0.15) is 4.90 Å². The number of hydrogen-bond acceptors (Lipinski definition) is 4. The van der Waals surface area contributed by atoms with Gasteiger partial charge >= 0.3 is 0 Å². The Balaban J connectivity index is 3.23. The van der Waals surface area contributed by atoms with E-state index in [0.29, 0.717) is 29.4 Å². The third-order valence-electron chi connectivity index (χ3n) is 4.06. The van der Waals surface area contributed by atoms with Crippen LogP contribution in [0.3, 0.4) is 0 Å². The lowest BCUT2D eigenvalue weighted by atomic mass is 10.1. The first-order valence-electron chi connectivity index (χ1n) is 7.36. The third-order valence-corrected chi connectivity index (χ3v) is 6.26. The molecule has 1 aromatic rings. The topological polar surface area (TPSA) is 81.2 Å². The highest BCUT2D eigenvalue weighted by Gasteiger charge is 2.32. The molecule has 7 heteroatoms. The van der Waals surface area contributed by atoms with Crippen LogP contribution in [-0.4, -0.2) is 42.1 Å². The fourth-order valence-corrected chi connectivity index (χ4v) is 4.16. The zero-order valence-corrected chi connectivity index (χ0v) is 14.7. The Bertz CT molecular complexity index is 578. The molecule has 0 fully saturated rings. The van der Waals surface area contributed by atoms with Gasteiger partial charge in [-0.1, -0.05) is 13.8 Å². The van der Waals surface area contributed by atoms with Crippen molar-refractivity contribution in [1.82, 2.24) is 14.1 Å². The molecule has 0 bridgehead atoms. The van der Waals surface area contributed by atoms with Crippen LogP contribution in [0.15, 0.2) is 4.90 Å². The maximum atomic E-state index is 12.9. The van der Waals surface area contributed by atoms with Crippen LogP contribution in [-0.2, 0) is 16.6 Å². The van der Waals surface area contributed by atoms with Crippen LogP contribution in [0.25, 0.3) is 0 Å². The molecule has 0 aliphatic rings. The molecular weight excluding hydrogens is 288 g/mol. The summed E-state index contributed by atoms with van der Waals surface area (Å²) < 4.78 is 28.9. The van der Waals surface area contributed by atoms with Gasteiger partial charge < -0.3 is 5.73 Å². The number of nitrogens with zero attached hydrogens (tertiary/aromatic N) is 3. The van der Waals surface area contributed by atoms with Crippen LogP contribution >= 0.6 is 0 Å². The van der Waals surface area contributed by atoms with Crippen molar-refractivity contribution < 1.29 is 8.42 Å².